The number of hydrogen-bond acceptors (Lipinski definition) is 1. The third-order valence-corrected chi connectivity index (χ3v) is 4.58. The Hall–Kier alpha value is -0.610. The van der Waals surface area contributed by atoms with Gasteiger partial charge in [0.15, 0.2) is 5.11 Å². The van der Waals surface area contributed by atoms with Gasteiger partial charge in [0.1, 0.15) is 0 Å². The Bertz CT molecular complexity index is 461. The Balaban J connectivity index is 1.93. The number of rotatable bonds is 2. The maximum Gasteiger partial charge on any atom is 0.171 e. The first-order chi connectivity index (χ1) is 9.06. The third-order valence-electron chi connectivity index (χ3n) is 3.86. The van der Waals surface area contributed by atoms with Gasteiger partial charge in [0, 0.05) is 16.2 Å². The zero-order valence-electron chi connectivity index (χ0n) is 11.5. The van der Waals surface area contributed by atoms with E-state index in [2.05, 4.69) is 52.5 Å². The summed E-state index contributed by atoms with van der Waals surface area (Å²) in [5.41, 5.74) is 2.26. The van der Waals surface area contributed by atoms with Gasteiger partial charge in [0.05, 0.1) is 0 Å². The second-order valence-corrected chi connectivity index (χ2v) is 6.75. The monoisotopic (exact) mass is 340 g/mol. The second-order valence-electron chi connectivity index (χ2n) is 5.43. The molecule has 0 aromatic heterocycles. The van der Waals surface area contributed by atoms with Crippen molar-refractivity contribution in [2.24, 2.45) is 5.92 Å². The van der Waals surface area contributed by atoms with Gasteiger partial charge in [-0.25, -0.2) is 0 Å². The highest BCUT2D eigenvalue weighted by atomic mass is 79.9. The Labute approximate surface area is 129 Å². The molecule has 1 aromatic rings. The number of halogens is 1. The molecule has 2 rings (SSSR count). The first kappa shape index (κ1) is 14.8. The summed E-state index contributed by atoms with van der Waals surface area (Å²) in [5.74, 6) is 0.708. The van der Waals surface area contributed by atoms with Gasteiger partial charge in [-0.2, -0.15) is 0 Å². The molecule has 0 aliphatic heterocycles. The lowest BCUT2D eigenvalue weighted by atomic mass is 9.86. The van der Waals surface area contributed by atoms with Crippen LogP contribution >= 0.6 is 28.1 Å². The van der Waals surface area contributed by atoms with Crippen molar-refractivity contribution < 1.29 is 0 Å². The lowest BCUT2D eigenvalue weighted by Crippen LogP contribution is -2.43. The van der Waals surface area contributed by atoms with Crippen LogP contribution in [-0.2, 0) is 0 Å². The van der Waals surface area contributed by atoms with E-state index < -0.39 is 0 Å². The SMILES string of the molecule is Cc1cc(Br)ccc1NC(=S)N[C@@H]1CCCC[C@@H]1C. The second kappa shape index (κ2) is 6.71. The quantitative estimate of drug-likeness (QED) is 0.768. The fraction of sp³-hybridized carbons (Fsp3) is 0.533. The van der Waals surface area contributed by atoms with Crippen molar-refractivity contribution in [1.29, 1.82) is 0 Å². The van der Waals surface area contributed by atoms with Gasteiger partial charge < -0.3 is 10.6 Å². The molecule has 1 fully saturated rings. The molecule has 0 saturated heterocycles. The zero-order chi connectivity index (χ0) is 13.8. The maximum absolute atomic E-state index is 5.43. The van der Waals surface area contributed by atoms with Crippen LogP contribution in [0.4, 0.5) is 5.69 Å². The van der Waals surface area contributed by atoms with Crippen LogP contribution in [0, 0.1) is 12.8 Å². The first-order valence-corrected chi connectivity index (χ1v) is 8.10. The molecule has 1 aromatic carbocycles. The number of aryl methyl sites for hydroxylation is 1. The molecule has 0 radical (unpaired) electrons. The van der Waals surface area contributed by atoms with E-state index in [-0.39, 0.29) is 0 Å². The Morgan fingerprint density at radius 1 is 1.32 bits per heavy atom. The summed E-state index contributed by atoms with van der Waals surface area (Å²) < 4.78 is 1.09. The number of anilines is 1. The zero-order valence-corrected chi connectivity index (χ0v) is 13.9. The molecule has 2 atom stereocenters. The lowest BCUT2D eigenvalue weighted by molar-refractivity contribution is 0.309. The third kappa shape index (κ3) is 4.18. The smallest absolute Gasteiger partial charge is 0.171 e. The standard InChI is InChI=1S/C15H21BrN2S/c1-10-5-3-4-6-13(10)17-15(19)18-14-8-7-12(16)9-11(14)2/h7-10,13H,3-6H2,1-2H3,(H2,17,18,19)/t10-,13+/m0/s1. The predicted molar refractivity (Wildman–Crippen MR) is 89.7 cm³/mol. The highest BCUT2D eigenvalue weighted by Crippen LogP contribution is 2.24. The minimum absolute atomic E-state index is 0.518. The molecule has 0 unspecified atom stereocenters. The van der Waals surface area contributed by atoms with Gasteiger partial charge in [-0.05, 0) is 61.7 Å². The summed E-state index contributed by atoms with van der Waals surface area (Å²) in [5, 5.41) is 7.51. The van der Waals surface area contributed by atoms with Crippen molar-refractivity contribution in [2.75, 3.05) is 5.32 Å². The van der Waals surface area contributed by atoms with Gasteiger partial charge in [0.2, 0.25) is 0 Å². The van der Waals surface area contributed by atoms with E-state index in [0.29, 0.717) is 12.0 Å². The van der Waals surface area contributed by atoms with Gasteiger partial charge in [-0.15, -0.1) is 0 Å². The van der Waals surface area contributed by atoms with E-state index in [1.54, 1.807) is 0 Å². The van der Waals surface area contributed by atoms with Crippen LogP contribution in [-0.4, -0.2) is 11.2 Å². The van der Waals surface area contributed by atoms with Crippen LogP contribution in [0.5, 0.6) is 0 Å². The normalized spacial score (nSPS) is 22.9. The molecule has 1 aliphatic carbocycles. The van der Waals surface area contributed by atoms with Gasteiger partial charge in [-0.3, -0.25) is 0 Å². The number of thiocarbonyl (C=S) groups is 1. The molecule has 0 bridgehead atoms. The Kier molecular flexibility index (Phi) is 5.22. The molecule has 2 nitrogen and oxygen atoms in total. The molecule has 1 aliphatic rings. The highest BCUT2D eigenvalue weighted by molar-refractivity contribution is 9.10. The topological polar surface area (TPSA) is 24.1 Å². The molecule has 0 heterocycles. The summed E-state index contributed by atoms with van der Waals surface area (Å²) in [4.78, 5) is 0. The molecule has 1 saturated carbocycles. The molecule has 4 heteroatoms. The van der Waals surface area contributed by atoms with Crippen molar-refractivity contribution >= 4 is 38.9 Å². The average Bonchev–Trinajstić information content (AvgIpc) is 2.36. The summed E-state index contributed by atoms with van der Waals surface area (Å²) >= 11 is 8.90. The molecule has 19 heavy (non-hydrogen) atoms. The van der Waals surface area contributed by atoms with Crippen molar-refractivity contribution in [1.82, 2.24) is 5.32 Å². The van der Waals surface area contributed by atoms with Crippen LogP contribution < -0.4 is 10.6 Å². The Morgan fingerprint density at radius 3 is 2.74 bits per heavy atom. The minimum atomic E-state index is 0.518. The number of benzene rings is 1. The predicted octanol–water partition coefficient (Wildman–Crippen LogP) is 4.62. The van der Waals surface area contributed by atoms with Crippen molar-refractivity contribution in [3.8, 4) is 0 Å². The van der Waals surface area contributed by atoms with Crippen LogP contribution in [0.15, 0.2) is 22.7 Å². The fourth-order valence-electron chi connectivity index (χ4n) is 2.62. The molecule has 0 amide bonds. The van der Waals surface area contributed by atoms with E-state index in [1.807, 2.05) is 6.07 Å². The molecule has 0 spiro atoms. The fourth-order valence-corrected chi connectivity index (χ4v) is 3.36. The van der Waals surface area contributed by atoms with Crippen LogP contribution in [0.1, 0.15) is 38.2 Å². The van der Waals surface area contributed by atoms with Gasteiger partial charge in [0.25, 0.3) is 0 Å². The van der Waals surface area contributed by atoms with Crippen LogP contribution in [0.25, 0.3) is 0 Å². The first-order valence-electron chi connectivity index (χ1n) is 6.90. The van der Waals surface area contributed by atoms with Crippen molar-refractivity contribution in [3.05, 3.63) is 28.2 Å². The van der Waals surface area contributed by atoms with E-state index in [0.717, 1.165) is 15.3 Å². The lowest BCUT2D eigenvalue weighted by Gasteiger charge is -2.30. The van der Waals surface area contributed by atoms with E-state index >= 15 is 0 Å². The largest absolute Gasteiger partial charge is 0.359 e. The Morgan fingerprint density at radius 2 is 2.05 bits per heavy atom. The van der Waals surface area contributed by atoms with Gasteiger partial charge >= 0.3 is 0 Å². The van der Waals surface area contributed by atoms with Gasteiger partial charge in [-0.1, -0.05) is 35.7 Å². The summed E-state index contributed by atoms with van der Waals surface area (Å²) in [7, 11) is 0. The molecule has 104 valence electrons. The molecular formula is C15H21BrN2S. The molecule has 2 N–H and O–H groups in total. The summed E-state index contributed by atoms with van der Waals surface area (Å²) in [6, 6.07) is 6.69. The van der Waals surface area contributed by atoms with E-state index in [1.165, 1.54) is 31.2 Å². The summed E-state index contributed by atoms with van der Waals surface area (Å²) in [6.07, 6.45) is 5.19. The van der Waals surface area contributed by atoms with Crippen molar-refractivity contribution in [3.63, 3.8) is 0 Å². The van der Waals surface area contributed by atoms with Crippen LogP contribution in [0.2, 0.25) is 0 Å². The van der Waals surface area contributed by atoms with E-state index in [9.17, 15) is 0 Å². The highest BCUT2D eigenvalue weighted by Gasteiger charge is 2.21. The number of hydrogen-bond donors (Lipinski definition) is 2. The van der Waals surface area contributed by atoms with E-state index in [4.69, 9.17) is 12.2 Å². The number of nitrogens with one attached hydrogen (secondary N) is 2. The minimum Gasteiger partial charge on any atom is -0.359 e. The maximum atomic E-state index is 5.43. The van der Waals surface area contributed by atoms with Crippen LogP contribution in [0.3, 0.4) is 0 Å². The van der Waals surface area contributed by atoms with Crippen molar-refractivity contribution in [2.45, 2.75) is 45.6 Å². The average molecular weight is 341 g/mol. The molecular weight excluding hydrogens is 320 g/mol. The summed E-state index contributed by atoms with van der Waals surface area (Å²) in [6.45, 7) is 4.39.